The highest BCUT2D eigenvalue weighted by Crippen LogP contribution is 2.36. The van der Waals surface area contributed by atoms with E-state index in [0.717, 1.165) is 50.4 Å². The third kappa shape index (κ3) is 3.79. The molecule has 3 rings (SSSR count). The van der Waals surface area contributed by atoms with Crippen LogP contribution in [0.1, 0.15) is 30.9 Å². The van der Waals surface area contributed by atoms with Crippen LogP contribution in [0, 0.1) is 0 Å². The summed E-state index contributed by atoms with van der Waals surface area (Å²) in [5.74, 6) is 1.30. The Balaban J connectivity index is 1.63. The Hall–Kier alpha value is -1.73. The quantitative estimate of drug-likeness (QED) is 0.865. The molecule has 1 aliphatic heterocycles. The molecular weight excluding hydrogens is 296 g/mol. The highest BCUT2D eigenvalue weighted by molar-refractivity contribution is 5.77. The fourth-order valence-corrected chi connectivity index (χ4v) is 3.20. The van der Waals surface area contributed by atoms with E-state index in [2.05, 4.69) is 14.9 Å². The minimum absolute atomic E-state index is 0.0428. The van der Waals surface area contributed by atoms with Gasteiger partial charge in [-0.3, -0.25) is 4.79 Å². The predicted octanol–water partition coefficient (Wildman–Crippen LogP) is 0.400. The van der Waals surface area contributed by atoms with E-state index >= 15 is 0 Å². The summed E-state index contributed by atoms with van der Waals surface area (Å²) in [5.41, 5.74) is 1.01. The van der Waals surface area contributed by atoms with Gasteiger partial charge in [0.15, 0.2) is 0 Å². The standard InChI is InChI=1S/C16H24N4O3/c1-23-10-16(22)20-4-2-3-19(5-6-20)15-9-14(17-11-18-15)12-7-13(21)8-12/h9,11-13,21H,2-8,10H2,1H3. The molecule has 1 aliphatic carbocycles. The molecule has 0 spiro atoms. The van der Waals surface area contributed by atoms with Crippen LogP contribution in [-0.4, -0.2) is 71.9 Å². The first-order chi connectivity index (χ1) is 11.2. The van der Waals surface area contributed by atoms with Crippen LogP contribution < -0.4 is 4.90 Å². The van der Waals surface area contributed by atoms with Gasteiger partial charge in [0.1, 0.15) is 18.8 Å². The number of rotatable bonds is 4. The van der Waals surface area contributed by atoms with Gasteiger partial charge in [-0.25, -0.2) is 9.97 Å². The van der Waals surface area contributed by atoms with Gasteiger partial charge in [-0.1, -0.05) is 0 Å². The molecule has 0 atom stereocenters. The Labute approximate surface area is 136 Å². The molecule has 1 saturated carbocycles. The monoisotopic (exact) mass is 320 g/mol. The van der Waals surface area contributed by atoms with E-state index in [1.165, 1.54) is 0 Å². The van der Waals surface area contributed by atoms with Crippen LogP contribution in [0.4, 0.5) is 5.82 Å². The summed E-state index contributed by atoms with van der Waals surface area (Å²) >= 11 is 0. The maximum atomic E-state index is 11.9. The molecule has 2 fully saturated rings. The first-order valence-corrected chi connectivity index (χ1v) is 8.19. The van der Waals surface area contributed by atoms with Crippen molar-refractivity contribution in [2.45, 2.75) is 31.3 Å². The van der Waals surface area contributed by atoms with Crippen molar-refractivity contribution in [3.63, 3.8) is 0 Å². The molecule has 0 aromatic carbocycles. The lowest BCUT2D eigenvalue weighted by Crippen LogP contribution is -2.37. The van der Waals surface area contributed by atoms with E-state index in [0.29, 0.717) is 12.5 Å². The second kappa shape index (κ2) is 7.23. The van der Waals surface area contributed by atoms with Crippen LogP contribution in [0.3, 0.4) is 0 Å². The van der Waals surface area contributed by atoms with Gasteiger partial charge in [0.25, 0.3) is 0 Å². The minimum Gasteiger partial charge on any atom is -0.393 e. The van der Waals surface area contributed by atoms with Crippen LogP contribution in [0.25, 0.3) is 0 Å². The molecule has 2 heterocycles. The summed E-state index contributed by atoms with van der Waals surface area (Å²) in [6.07, 6.45) is 3.91. The number of nitrogens with zero attached hydrogens (tertiary/aromatic N) is 4. The van der Waals surface area contributed by atoms with Gasteiger partial charge >= 0.3 is 0 Å². The molecule has 0 radical (unpaired) electrons. The van der Waals surface area contributed by atoms with E-state index in [-0.39, 0.29) is 18.6 Å². The summed E-state index contributed by atoms with van der Waals surface area (Å²) < 4.78 is 4.93. The summed E-state index contributed by atoms with van der Waals surface area (Å²) in [6, 6.07) is 2.03. The number of anilines is 1. The number of aliphatic hydroxyl groups excluding tert-OH is 1. The third-order valence-corrected chi connectivity index (χ3v) is 4.65. The lowest BCUT2D eigenvalue weighted by atomic mass is 9.80. The third-order valence-electron chi connectivity index (χ3n) is 4.65. The second-order valence-electron chi connectivity index (χ2n) is 6.28. The summed E-state index contributed by atoms with van der Waals surface area (Å²) in [6.45, 7) is 3.22. The number of methoxy groups -OCH3 is 1. The van der Waals surface area contributed by atoms with Crippen molar-refractivity contribution in [3.8, 4) is 0 Å². The molecule has 0 bridgehead atoms. The molecule has 0 unspecified atom stereocenters. The molecule has 23 heavy (non-hydrogen) atoms. The second-order valence-corrected chi connectivity index (χ2v) is 6.28. The number of hydrogen-bond acceptors (Lipinski definition) is 6. The maximum Gasteiger partial charge on any atom is 0.248 e. The van der Waals surface area contributed by atoms with E-state index < -0.39 is 0 Å². The Morgan fingerprint density at radius 3 is 2.87 bits per heavy atom. The van der Waals surface area contributed by atoms with Gasteiger partial charge < -0.3 is 19.6 Å². The van der Waals surface area contributed by atoms with Crippen LogP contribution in [-0.2, 0) is 9.53 Å². The maximum absolute atomic E-state index is 11.9. The van der Waals surface area contributed by atoms with E-state index in [9.17, 15) is 9.90 Å². The molecule has 7 heteroatoms. The average Bonchev–Trinajstić information content (AvgIpc) is 2.78. The predicted molar refractivity (Wildman–Crippen MR) is 85.3 cm³/mol. The van der Waals surface area contributed by atoms with Gasteiger partial charge in [-0.2, -0.15) is 0 Å². The van der Waals surface area contributed by atoms with Crippen molar-refractivity contribution in [2.75, 3.05) is 44.8 Å². The minimum atomic E-state index is -0.183. The fourth-order valence-electron chi connectivity index (χ4n) is 3.20. The zero-order valence-electron chi connectivity index (χ0n) is 13.5. The number of aliphatic hydroxyl groups is 1. The van der Waals surface area contributed by atoms with Crippen molar-refractivity contribution in [1.82, 2.24) is 14.9 Å². The molecule has 1 aromatic rings. The molecule has 1 N–H and O–H groups in total. The number of aromatic nitrogens is 2. The molecule has 126 valence electrons. The molecule has 2 aliphatic rings. The van der Waals surface area contributed by atoms with Gasteiger partial charge in [-0.15, -0.1) is 0 Å². The largest absolute Gasteiger partial charge is 0.393 e. The Bertz CT molecular complexity index is 548. The lowest BCUT2D eigenvalue weighted by Gasteiger charge is -2.31. The van der Waals surface area contributed by atoms with E-state index in [1.807, 2.05) is 11.0 Å². The molecule has 1 amide bonds. The van der Waals surface area contributed by atoms with Crippen molar-refractivity contribution < 1.29 is 14.6 Å². The summed E-state index contributed by atoms with van der Waals surface area (Å²) in [5, 5.41) is 9.46. The average molecular weight is 320 g/mol. The van der Waals surface area contributed by atoms with Crippen molar-refractivity contribution in [3.05, 3.63) is 18.1 Å². The number of hydrogen-bond donors (Lipinski definition) is 1. The van der Waals surface area contributed by atoms with Crippen LogP contribution in [0.5, 0.6) is 0 Å². The van der Waals surface area contributed by atoms with Crippen LogP contribution in [0.2, 0.25) is 0 Å². The first-order valence-electron chi connectivity index (χ1n) is 8.19. The lowest BCUT2D eigenvalue weighted by molar-refractivity contribution is -0.134. The number of carbonyl (C=O) groups excluding carboxylic acids is 1. The SMILES string of the molecule is COCC(=O)N1CCCN(c2cc(C3CC(O)C3)ncn2)CC1. The zero-order chi connectivity index (χ0) is 16.2. The van der Waals surface area contributed by atoms with Crippen LogP contribution >= 0.6 is 0 Å². The molecule has 1 saturated heterocycles. The highest BCUT2D eigenvalue weighted by Gasteiger charge is 2.30. The Kier molecular flexibility index (Phi) is 5.07. The molecule has 1 aromatic heterocycles. The summed E-state index contributed by atoms with van der Waals surface area (Å²) in [4.78, 5) is 24.8. The Morgan fingerprint density at radius 1 is 1.30 bits per heavy atom. The normalized spacial score (nSPS) is 25.0. The van der Waals surface area contributed by atoms with Gasteiger partial charge in [0.2, 0.25) is 5.91 Å². The first kappa shape index (κ1) is 16.1. The van der Waals surface area contributed by atoms with Crippen LogP contribution in [0.15, 0.2) is 12.4 Å². The number of carbonyl (C=O) groups is 1. The smallest absolute Gasteiger partial charge is 0.248 e. The van der Waals surface area contributed by atoms with Crippen molar-refractivity contribution >= 4 is 11.7 Å². The Morgan fingerprint density at radius 2 is 2.13 bits per heavy atom. The molecular formula is C16H24N4O3. The van der Waals surface area contributed by atoms with Crippen molar-refractivity contribution in [2.24, 2.45) is 0 Å². The molecule has 7 nitrogen and oxygen atoms in total. The number of ether oxygens (including phenoxy) is 1. The summed E-state index contributed by atoms with van der Waals surface area (Å²) in [7, 11) is 1.54. The van der Waals surface area contributed by atoms with E-state index in [1.54, 1.807) is 13.4 Å². The van der Waals surface area contributed by atoms with Crippen molar-refractivity contribution in [1.29, 1.82) is 0 Å². The van der Waals surface area contributed by atoms with E-state index in [4.69, 9.17) is 4.74 Å². The topological polar surface area (TPSA) is 78.8 Å². The fraction of sp³-hybridized carbons (Fsp3) is 0.688. The zero-order valence-corrected chi connectivity index (χ0v) is 13.5. The highest BCUT2D eigenvalue weighted by atomic mass is 16.5. The van der Waals surface area contributed by atoms with Gasteiger partial charge in [0.05, 0.1) is 6.10 Å². The number of amides is 1. The van der Waals surface area contributed by atoms with Gasteiger partial charge in [0, 0.05) is 51.0 Å². The van der Waals surface area contributed by atoms with Gasteiger partial charge in [-0.05, 0) is 19.3 Å².